The number of hydrogen-bond acceptors (Lipinski definition) is 3. The molecule has 0 amide bonds. The molecule has 0 unspecified atom stereocenters. The van der Waals surface area contributed by atoms with Gasteiger partial charge in [-0.05, 0) is 24.3 Å². The molecule has 1 aromatic carbocycles. The van der Waals surface area contributed by atoms with E-state index in [0.29, 0.717) is 0 Å². The van der Waals surface area contributed by atoms with E-state index in [4.69, 9.17) is 0 Å². The summed E-state index contributed by atoms with van der Waals surface area (Å²) in [6, 6.07) is 14.2. The van der Waals surface area contributed by atoms with Gasteiger partial charge in [-0.2, -0.15) is 0 Å². The number of para-hydroxylation sites is 2. The van der Waals surface area contributed by atoms with Crippen LogP contribution in [0.2, 0.25) is 0 Å². The SMILES string of the molecule is Cn1c(CCNCc2ccccn2)nc2ccccc21. The van der Waals surface area contributed by atoms with Crippen LogP contribution in [0.25, 0.3) is 11.0 Å². The van der Waals surface area contributed by atoms with Gasteiger partial charge in [0.25, 0.3) is 0 Å². The predicted molar refractivity (Wildman–Crippen MR) is 80.4 cm³/mol. The number of nitrogens with zero attached hydrogens (tertiary/aromatic N) is 3. The standard InChI is InChI=1S/C16H18N4/c1-20-15-8-3-2-7-14(15)19-16(20)9-11-17-12-13-6-4-5-10-18-13/h2-8,10,17H,9,11-12H2,1H3. The monoisotopic (exact) mass is 266 g/mol. The number of nitrogens with one attached hydrogen (secondary N) is 1. The highest BCUT2D eigenvalue weighted by atomic mass is 15.1. The van der Waals surface area contributed by atoms with Crippen LogP contribution in [-0.4, -0.2) is 21.1 Å². The Balaban J connectivity index is 1.59. The van der Waals surface area contributed by atoms with Crippen LogP contribution in [0.3, 0.4) is 0 Å². The van der Waals surface area contributed by atoms with Crippen LogP contribution in [0.15, 0.2) is 48.7 Å². The van der Waals surface area contributed by atoms with Gasteiger partial charge in [0, 0.05) is 32.8 Å². The molecule has 2 heterocycles. The maximum atomic E-state index is 4.66. The summed E-state index contributed by atoms with van der Waals surface area (Å²) in [7, 11) is 2.07. The number of imidazole rings is 1. The zero-order valence-electron chi connectivity index (χ0n) is 11.6. The molecule has 0 aliphatic carbocycles. The molecule has 0 aliphatic rings. The molecule has 0 radical (unpaired) electrons. The molecular formula is C16H18N4. The third-order valence-electron chi connectivity index (χ3n) is 3.44. The van der Waals surface area contributed by atoms with Gasteiger partial charge in [-0.1, -0.05) is 18.2 Å². The fraction of sp³-hybridized carbons (Fsp3) is 0.250. The van der Waals surface area contributed by atoms with E-state index in [1.165, 1.54) is 5.52 Å². The molecule has 0 saturated heterocycles. The third kappa shape index (κ3) is 2.70. The zero-order chi connectivity index (χ0) is 13.8. The smallest absolute Gasteiger partial charge is 0.110 e. The normalized spacial score (nSPS) is 11.1. The van der Waals surface area contributed by atoms with Crippen LogP contribution in [0.4, 0.5) is 0 Å². The second-order valence-corrected chi connectivity index (χ2v) is 4.82. The molecule has 0 saturated carbocycles. The van der Waals surface area contributed by atoms with Gasteiger partial charge >= 0.3 is 0 Å². The molecule has 1 N–H and O–H groups in total. The fourth-order valence-electron chi connectivity index (χ4n) is 2.34. The van der Waals surface area contributed by atoms with Crippen molar-refractivity contribution in [2.75, 3.05) is 6.54 Å². The number of aromatic nitrogens is 3. The van der Waals surface area contributed by atoms with Crippen molar-refractivity contribution >= 4 is 11.0 Å². The van der Waals surface area contributed by atoms with Crippen LogP contribution in [0.1, 0.15) is 11.5 Å². The number of benzene rings is 1. The maximum Gasteiger partial charge on any atom is 0.110 e. The minimum atomic E-state index is 0.796. The molecule has 4 heteroatoms. The first-order chi connectivity index (χ1) is 9.84. The first-order valence-corrected chi connectivity index (χ1v) is 6.85. The van der Waals surface area contributed by atoms with E-state index in [1.54, 1.807) is 0 Å². The van der Waals surface area contributed by atoms with E-state index in [1.807, 2.05) is 36.5 Å². The lowest BCUT2D eigenvalue weighted by Gasteiger charge is -2.04. The Labute approximate surface area is 118 Å². The molecule has 20 heavy (non-hydrogen) atoms. The first kappa shape index (κ1) is 12.8. The quantitative estimate of drug-likeness (QED) is 0.721. The Kier molecular flexibility index (Phi) is 3.74. The number of rotatable bonds is 5. The van der Waals surface area contributed by atoms with Crippen molar-refractivity contribution < 1.29 is 0 Å². The fourth-order valence-corrected chi connectivity index (χ4v) is 2.34. The Bertz CT molecular complexity index is 688. The van der Waals surface area contributed by atoms with Crippen molar-refractivity contribution in [1.82, 2.24) is 19.9 Å². The van der Waals surface area contributed by atoms with Crippen LogP contribution in [0, 0.1) is 0 Å². The van der Waals surface area contributed by atoms with E-state index in [-0.39, 0.29) is 0 Å². The summed E-state index contributed by atoms with van der Waals surface area (Å²) in [6.07, 6.45) is 2.74. The highest BCUT2D eigenvalue weighted by Crippen LogP contribution is 2.14. The lowest BCUT2D eigenvalue weighted by molar-refractivity contribution is 0.649. The summed E-state index contributed by atoms with van der Waals surface area (Å²) in [5, 5.41) is 3.41. The van der Waals surface area contributed by atoms with Crippen LogP contribution in [-0.2, 0) is 20.0 Å². The molecule has 0 bridgehead atoms. The van der Waals surface area contributed by atoms with Gasteiger partial charge in [-0.25, -0.2) is 4.98 Å². The van der Waals surface area contributed by atoms with E-state index in [0.717, 1.165) is 36.5 Å². The van der Waals surface area contributed by atoms with Gasteiger partial charge in [0.2, 0.25) is 0 Å². The second-order valence-electron chi connectivity index (χ2n) is 4.82. The second kappa shape index (κ2) is 5.84. The van der Waals surface area contributed by atoms with Gasteiger partial charge in [0.05, 0.1) is 16.7 Å². The maximum absolute atomic E-state index is 4.66. The molecule has 0 spiro atoms. The topological polar surface area (TPSA) is 42.7 Å². The lowest BCUT2D eigenvalue weighted by atomic mass is 10.3. The summed E-state index contributed by atoms with van der Waals surface area (Å²) in [5.74, 6) is 1.11. The largest absolute Gasteiger partial charge is 0.331 e. The molecule has 0 fully saturated rings. The highest BCUT2D eigenvalue weighted by molar-refractivity contribution is 5.75. The van der Waals surface area contributed by atoms with Crippen molar-refractivity contribution in [2.24, 2.45) is 7.05 Å². The minimum Gasteiger partial charge on any atom is -0.331 e. The summed E-state index contributed by atoms with van der Waals surface area (Å²) >= 11 is 0. The van der Waals surface area contributed by atoms with Gasteiger partial charge in [-0.3, -0.25) is 4.98 Å². The van der Waals surface area contributed by atoms with Gasteiger partial charge in [-0.15, -0.1) is 0 Å². The van der Waals surface area contributed by atoms with E-state index >= 15 is 0 Å². The molecule has 0 aliphatic heterocycles. The van der Waals surface area contributed by atoms with E-state index < -0.39 is 0 Å². The highest BCUT2D eigenvalue weighted by Gasteiger charge is 2.06. The zero-order valence-corrected chi connectivity index (χ0v) is 11.6. The van der Waals surface area contributed by atoms with Crippen LogP contribution >= 0.6 is 0 Å². The van der Waals surface area contributed by atoms with Crippen molar-refractivity contribution in [2.45, 2.75) is 13.0 Å². The summed E-state index contributed by atoms with van der Waals surface area (Å²) in [6.45, 7) is 1.69. The Morgan fingerprint density at radius 3 is 2.75 bits per heavy atom. The van der Waals surface area contributed by atoms with Gasteiger partial charge < -0.3 is 9.88 Å². The van der Waals surface area contributed by atoms with Crippen LogP contribution in [0.5, 0.6) is 0 Å². The summed E-state index contributed by atoms with van der Waals surface area (Å²) in [4.78, 5) is 8.96. The van der Waals surface area contributed by atoms with Crippen molar-refractivity contribution in [3.63, 3.8) is 0 Å². The van der Waals surface area contributed by atoms with Crippen molar-refractivity contribution in [1.29, 1.82) is 0 Å². The molecule has 3 aromatic rings. The van der Waals surface area contributed by atoms with E-state index in [2.05, 4.69) is 39.0 Å². The number of pyridine rings is 1. The van der Waals surface area contributed by atoms with Gasteiger partial charge in [0.15, 0.2) is 0 Å². The lowest BCUT2D eigenvalue weighted by Crippen LogP contribution is -2.18. The molecule has 102 valence electrons. The molecule has 3 rings (SSSR count). The minimum absolute atomic E-state index is 0.796. The number of fused-ring (bicyclic) bond motifs is 1. The molecule has 0 atom stereocenters. The number of hydrogen-bond donors (Lipinski definition) is 1. The summed E-state index contributed by atoms with van der Waals surface area (Å²) in [5.41, 5.74) is 3.32. The average molecular weight is 266 g/mol. The van der Waals surface area contributed by atoms with Crippen molar-refractivity contribution in [3.8, 4) is 0 Å². The number of aryl methyl sites for hydroxylation is 1. The molecular weight excluding hydrogens is 248 g/mol. The van der Waals surface area contributed by atoms with Gasteiger partial charge in [0.1, 0.15) is 5.82 Å². The van der Waals surface area contributed by atoms with Crippen LogP contribution < -0.4 is 5.32 Å². The average Bonchev–Trinajstić information content (AvgIpc) is 2.82. The molecule has 4 nitrogen and oxygen atoms in total. The predicted octanol–water partition coefficient (Wildman–Crippen LogP) is 2.30. The first-order valence-electron chi connectivity index (χ1n) is 6.85. The van der Waals surface area contributed by atoms with Crippen molar-refractivity contribution in [3.05, 3.63) is 60.2 Å². The Morgan fingerprint density at radius 2 is 1.95 bits per heavy atom. The Morgan fingerprint density at radius 1 is 1.10 bits per heavy atom. The summed E-state index contributed by atoms with van der Waals surface area (Å²) < 4.78 is 2.16. The Hall–Kier alpha value is -2.20. The molecule has 2 aromatic heterocycles. The third-order valence-corrected chi connectivity index (χ3v) is 3.44. The van der Waals surface area contributed by atoms with E-state index in [9.17, 15) is 0 Å².